The van der Waals surface area contributed by atoms with E-state index in [9.17, 15) is 5.11 Å². The minimum atomic E-state index is 0.0337. The van der Waals surface area contributed by atoms with Crippen LogP contribution in [0, 0.1) is 0 Å². The molecule has 0 saturated heterocycles. The molecule has 0 amide bonds. The van der Waals surface area contributed by atoms with E-state index in [0.717, 1.165) is 22.6 Å². The number of hydrogen-bond acceptors (Lipinski definition) is 2. The Kier molecular flexibility index (Phi) is 4.19. The van der Waals surface area contributed by atoms with Gasteiger partial charge in [-0.3, -0.25) is 0 Å². The van der Waals surface area contributed by atoms with Crippen molar-refractivity contribution in [2.24, 2.45) is 0 Å². The van der Waals surface area contributed by atoms with E-state index in [1.807, 2.05) is 36.4 Å². The predicted octanol–water partition coefficient (Wildman–Crippen LogP) is 5.80. The van der Waals surface area contributed by atoms with Gasteiger partial charge in [-0.25, -0.2) is 0 Å². The molecule has 25 heavy (non-hydrogen) atoms. The molecule has 0 spiro atoms. The van der Waals surface area contributed by atoms with Crippen molar-refractivity contribution in [1.29, 1.82) is 0 Å². The van der Waals surface area contributed by atoms with Gasteiger partial charge in [0.1, 0.15) is 0 Å². The third kappa shape index (κ3) is 3.00. The topological polar surface area (TPSA) is 23.5 Å². The summed E-state index contributed by atoms with van der Waals surface area (Å²) in [6.07, 6.45) is 0. The van der Waals surface area contributed by atoms with Crippen molar-refractivity contribution in [3.8, 4) is 0 Å². The second-order valence-corrected chi connectivity index (χ2v) is 6.00. The maximum atomic E-state index is 9.54. The largest absolute Gasteiger partial charge is 0.392 e. The smallest absolute Gasteiger partial charge is 0.0682 e. The summed E-state index contributed by atoms with van der Waals surface area (Å²) >= 11 is 0. The molecule has 0 aliphatic carbocycles. The standard InChI is InChI=1S/C23H19NO/c25-17-18-8-6-13-21(16-18)24(20-11-2-1-3-12-20)23-15-7-10-19-9-4-5-14-22(19)23/h1-16,25H,17H2. The average Bonchev–Trinajstić information content (AvgIpc) is 2.69. The van der Waals surface area contributed by atoms with Gasteiger partial charge in [-0.2, -0.15) is 0 Å². The van der Waals surface area contributed by atoms with Gasteiger partial charge in [-0.05, 0) is 41.3 Å². The maximum absolute atomic E-state index is 9.54. The molecule has 0 unspecified atom stereocenters. The van der Waals surface area contributed by atoms with Crippen molar-refractivity contribution >= 4 is 27.8 Å². The first-order chi connectivity index (χ1) is 12.4. The fraction of sp³-hybridized carbons (Fsp3) is 0.0435. The van der Waals surface area contributed by atoms with Crippen LogP contribution in [-0.4, -0.2) is 5.11 Å². The van der Waals surface area contributed by atoms with Gasteiger partial charge in [0.05, 0.1) is 12.3 Å². The number of aliphatic hydroxyl groups is 1. The molecule has 2 nitrogen and oxygen atoms in total. The minimum absolute atomic E-state index is 0.0337. The Morgan fingerprint density at radius 3 is 2.16 bits per heavy atom. The van der Waals surface area contributed by atoms with Crippen molar-refractivity contribution in [1.82, 2.24) is 0 Å². The highest BCUT2D eigenvalue weighted by Gasteiger charge is 2.14. The summed E-state index contributed by atoms with van der Waals surface area (Å²) in [4.78, 5) is 2.24. The molecule has 4 rings (SSSR count). The second kappa shape index (κ2) is 6.80. The van der Waals surface area contributed by atoms with Gasteiger partial charge in [0, 0.05) is 16.8 Å². The van der Waals surface area contributed by atoms with Gasteiger partial charge in [0.25, 0.3) is 0 Å². The fourth-order valence-electron chi connectivity index (χ4n) is 3.20. The number of aliphatic hydroxyl groups excluding tert-OH is 1. The van der Waals surface area contributed by atoms with Crippen molar-refractivity contribution in [2.45, 2.75) is 6.61 Å². The molecule has 4 aromatic carbocycles. The molecule has 2 heteroatoms. The van der Waals surface area contributed by atoms with Gasteiger partial charge < -0.3 is 10.0 Å². The Morgan fingerprint density at radius 2 is 1.32 bits per heavy atom. The molecule has 0 aromatic heterocycles. The Morgan fingerprint density at radius 1 is 0.640 bits per heavy atom. The predicted molar refractivity (Wildman–Crippen MR) is 105 cm³/mol. The molecular weight excluding hydrogens is 306 g/mol. The third-order valence-electron chi connectivity index (χ3n) is 4.37. The highest BCUT2D eigenvalue weighted by molar-refractivity contribution is 5.98. The van der Waals surface area contributed by atoms with E-state index in [0.29, 0.717) is 0 Å². The minimum Gasteiger partial charge on any atom is -0.392 e. The molecule has 0 bridgehead atoms. The van der Waals surface area contributed by atoms with E-state index >= 15 is 0 Å². The average molecular weight is 325 g/mol. The lowest BCUT2D eigenvalue weighted by Gasteiger charge is -2.27. The molecule has 0 aliphatic rings. The van der Waals surface area contributed by atoms with E-state index in [2.05, 4.69) is 65.6 Å². The van der Waals surface area contributed by atoms with Gasteiger partial charge >= 0.3 is 0 Å². The van der Waals surface area contributed by atoms with Crippen molar-refractivity contribution in [2.75, 3.05) is 4.90 Å². The number of rotatable bonds is 4. The van der Waals surface area contributed by atoms with E-state index in [4.69, 9.17) is 0 Å². The van der Waals surface area contributed by atoms with Crippen LogP contribution in [0.4, 0.5) is 17.1 Å². The first-order valence-electron chi connectivity index (χ1n) is 8.39. The molecule has 0 fully saturated rings. The summed E-state index contributed by atoms with van der Waals surface area (Å²) in [6.45, 7) is 0.0337. The monoisotopic (exact) mass is 325 g/mol. The quantitative estimate of drug-likeness (QED) is 0.512. The van der Waals surface area contributed by atoms with Crippen LogP contribution in [0.1, 0.15) is 5.56 Å². The van der Waals surface area contributed by atoms with Gasteiger partial charge in [-0.15, -0.1) is 0 Å². The van der Waals surface area contributed by atoms with Crippen molar-refractivity contribution in [3.05, 3.63) is 103 Å². The summed E-state index contributed by atoms with van der Waals surface area (Å²) in [5.74, 6) is 0. The highest BCUT2D eigenvalue weighted by Crippen LogP contribution is 2.38. The van der Waals surface area contributed by atoms with Gasteiger partial charge in [-0.1, -0.05) is 66.7 Å². The number of hydrogen-bond donors (Lipinski definition) is 1. The molecule has 122 valence electrons. The molecule has 1 N–H and O–H groups in total. The summed E-state index contributed by atoms with van der Waals surface area (Å²) in [5.41, 5.74) is 4.15. The fourth-order valence-corrected chi connectivity index (χ4v) is 3.20. The van der Waals surface area contributed by atoms with E-state index in [-0.39, 0.29) is 6.61 Å². The van der Waals surface area contributed by atoms with E-state index < -0.39 is 0 Å². The molecule has 0 radical (unpaired) electrons. The van der Waals surface area contributed by atoms with E-state index in [1.165, 1.54) is 10.8 Å². The van der Waals surface area contributed by atoms with Crippen LogP contribution in [0.15, 0.2) is 97.1 Å². The number of nitrogens with zero attached hydrogens (tertiary/aromatic N) is 1. The normalized spacial score (nSPS) is 10.8. The zero-order valence-corrected chi connectivity index (χ0v) is 13.8. The summed E-state index contributed by atoms with van der Waals surface area (Å²) in [7, 11) is 0. The van der Waals surface area contributed by atoms with Gasteiger partial charge in [0.15, 0.2) is 0 Å². The van der Waals surface area contributed by atoms with Crippen LogP contribution in [0.2, 0.25) is 0 Å². The molecule has 0 heterocycles. The molecule has 0 atom stereocenters. The number of benzene rings is 4. The number of para-hydroxylation sites is 1. The van der Waals surface area contributed by atoms with Crippen molar-refractivity contribution < 1.29 is 5.11 Å². The Balaban J connectivity index is 1.97. The van der Waals surface area contributed by atoms with Crippen LogP contribution in [0.5, 0.6) is 0 Å². The lowest BCUT2D eigenvalue weighted by molar-refractivity contribution is 0.282. The van der Waals surface area contributed by atoms with Crippen LogP contribution in [-0.2, 0) is 6.61 Å². The molecular formula is C23H19NO. The van der Waals surface area contributed by atoms with Crippen LogP contribution in [0.25, 0.3) is 10.8 Å². The van der Waals surface area contributed by atoms with Crippen molar-refractivity contribution in [3.63, 3.8) is 0 Å². The zero-order valence-electron chi connectivity index (χ0n) is 13.8. The zero-order chi connectivity index (χ0) is 17.1. The Hall–Kier alpha value is -3.10. The molecule has 0 aliphatic heterocycles. The first-order valence-corrected chi connectivity index (χ1v) is 8.39. The summed E-state index contributed by atoms with van der Waals surface area (Å²) in [6, 6.07) is 33.1. The Labute approximate surface area is 147 Å². The molecule has 0 saturated carbocycles. The second-order valence-electron chi connectivity index (χ2n) is 6.00. The summed E-state index contributed by atoms with van der Waals surface area (Å²) in [5, 5.41) is 11.9. The number of anilines is 3. The lowest BCUT2D eigenvalue weighted by Crippen LogP contribution is -2.10. The highest BCUT2D eigenvalue weighted by atomic mass is 16.3. The van der Waals surface area contributed by atoms with E-state index in [1.54, 1.807) is 0 Å². The van der Waals surface area contributed by atoms with Crippen LogP contribution < -0.4 is 4.90 Å². The Bertz CT molecular complexity index is 990. The lowest BCUT2D eigenvalue weighted by atomic mass is 10.1. The third-order valence-corrected chi connectivity index (χ3v) is 4.37. The SMILES string of the molecule is OCc1cccc(N(c2ccccc2)c2cccc3ccccc23)c1. The maximum Gasteiger partial charge on any atom is 0.0682 e. The van der Waals surface area contributed by atoms with Crippen LogP contribution >= 0.6 is 0 Å². The first kappa shape index (κ1) is 15.4. The van der Waals surface area contributed by atoms with Crippen LogP contribution in [0.3, 0.4) is 0 Å². The molecule has 4 aromatic rings. The number of fused-ring (bicyclic) bond motifs is 1. The van der Waals surface area contributed by atoms with Gasteiger partial charge in [0.2, 0.25) is 0 Å². The summed E-state index contributed by atoms with van der Waals surface area (Å²) < 4.78 is 0.